The Balaban J connectivity index is 2.69. The Morgan fingerprint density at radius 2 is 2.00 bits per heavy atom. The Morgan fingerprint density at radius 1 is 1.33 bits per heavy atom. The van der Waals surface area contributed by atoms with Gasteiger partial charge in [-0.15, -0.1) is 0 Å². The Labute approximate surface area is 111 Å². The van der Waals surface area contributed by atoms with Gasteiger partial charge in [-0.25, -0.2) is 0 Å². The number of aliphatic carboxylic acids is 1. The van der Waals surface area contributed by atoms with Gasteiger partial charge in [0, 0.05) is 11.4 Å². The molecular weight excluding hydrogens is 254 g/mol. The molecule has 0 aromatic heterocycles. The third kappa shape index (κ3) is 4.37. The molecule has 0 saturated heterocycles. The van der Waals surface area contributed by atoms with E-state index in [0.29, 0.717) is 5.02 Å². The van der Waals surface area contributed by atoms with Gasteiger partial charge in [0.2, 0.25) is 5.91 Å². The van der Waals surface area contributed by atoms with Crippen LogP contribution in [0.1, 0.15) is 32.3 Å². The highest BCUT2D eigenvalue weighted by molar-refractivity contribution is 6.30. The van der Waals surface area contributed by atoms with Gasteiger partial charge in [0.1, 0.15) is 0 Å². The van der Waals surface area contributed by atoms with Crippen molar-refractivity contribution in [2.45, 2.75) is 32.2 Å². The molecule has 0 spiro atoms. The van der Waals surface area contributed by atoms with Gasteiger partial charge < -0.3 is 10.4 Å². The van der Waals surface area contributed by atoms with E-state index in [4.69, 9.17) is 16.7 Å². The van der Waals surface area contributed by atoms with Crippen LogP contribution in [0, 0.1) is 0 Å². The predicted molar refractivity (Wildman–Crippen MR) is 69.5 cm³/mol. The maximum atomic E-state index is 11.6. The molecule has 18 heavy (non-hydrogen) atoms. The van der Waals surface area contributed by atoms with Gasteiger partial charge in [-0.3, -0.25) is 9.59 Å². The van der Waals surface area contributed by atoms with Crippen LogP contribution < -0.4 is 5.32 Å². The molecule has 0 aliphatic heterocycles. The molecule has 98 valence electrons. The van der Waals surface area contributed by atoms with Gasteiger partial charge in [0.05, 0.1) is 12.0 Å². The van der Waals surface area contributed by atoms with E-state index < -0.39 is 11.5 Å². The number of rotatable bonds is 5. The highest BCUT2D eigenvalue weighted by Gasteiger charge is 2.23. The monoisotopic (exact) mass is 269 g/mol. The first-order chi connectivity index (χ1) is 8.31. The summed E-state index contributed by atoms with van der Waals surface area (Å²) in [5.74, 6) is -1.27. The molecule has 2 N–H and O–H groups in total. The summed E-state index contributed by atoms with van der Waals surface area (Å²) in [5, 5.41) is 11.9. The first kappa shape index (κ1) is 14.5. The Morgan fingerprint density at radius 3 is 2.56 bits per heavy atom. The van der Waals surface area contributed by atoms with Crippen molar-refractivity contribution in [1.82, 2.24) is 5.32 Å². The molecule has 0 fully saturated rings. The third-order valence-corrected chi connectivity index (χ3v) is 2.80. The number of benzene rings is 1. The summed E-state index contributed by atoms with van der Waals surface area (Å²) < 4.78 is 0. The van der Waals surface area contributed by atoms with Gasteiger partial charge in [0.25, 0.3) is 0 Å². The molecule has 0 atom stereocenters. The van der Waals surface area contributed by atoms with Crippen molar-refractivity contribution in [2.24, 2.45) is 0 Å². The minimum atomic E-state index is -0.981. The number of nitrogens with one attached hydrogen (secondary N) is 1. The van der Waals surface area contributed by atoms with Crippen LogP contribution in [0.15, 0.2) is 24.3 Å². The lowest BCUT2D eigenvalue weighted by molar-refractivity contribution is -0.139. The number of hydrogen-bond donors (Lipinski definition) is 2. The first-order valence-corrected chi connectivity index (χ1v) is 5.98. The molecule has 1 aromatic rings. The lowest BCUT2D eigenvalue weighted by Gasteiger charge is -2.27. The van der Waals surface area contributed by atoms with Crippen LogP contribution in [-0.4, -0.2) is 17.0 Å². The van der Waals surface area contributed by atoms with E-state index in [1.54, 1.807) is 12.1 Å². The number of carboxylic acid groups (broad SMARTS) is 1. The number of carbonyl (C=O) groups is 2. The fourth-order valence-electron chi connectivity index (χ4n) is 1.58. The number of amides is 1. The van der Waals surface area contributed by atoms with Crippen molar-refractivity contribution in [3.05, 3.63) is 34.9 Å². The maximum absolute atomic E-state index is 11.6. The lowest BCUT2D eigenvalue weighted by atomic mass is 9.94. The Hall–Kier alpha value is -1.55. The largest absolute Gasteiger partial charge is 0.481 e. The summed E-state index contributed by atoms with van der Waals surface area (Å²) in [4.78, 5) is 22.0. The van der Waals surface area contributed by atoms with Gasteiger partial charge >= 0.3 is 5.97 Å². The zero-order valence-corrected chi connectivity index (χ0v) is 11.1. The first-order valence-electron chi connectivity index (χ1n) is 5.60. The van der Waals surface area contributed by atoms with Crippen LogP contribution in [0.25, 0.3) is 0 Å². The zero-order valence-electron chi connectivity index (χ0n) is 10.4. The molecular formula is C13H16ClNO3. The number of halogens is 1. The summed E-state index contributed by atoms with van der Waals surface area (Å²) in [6, 6.07) is 7.21. The summed E-state index contributed by atoms with van der Waals surface area (Å²) >= 11 is 5.90. The van der Waals surface area contributed by atoms with E-state index in [0.717, 1.165) is 5.56 Å². The van der Waals surface area contributed by atoms with E-state index in [-0.39, 0.29) is 18.7 Å². The zero-order chi connectivity index (χ0) is 13.8. The summed E-state index contributed by atoms with van der Waals surface area (Å²) in [7, 11) is 0. The van der Waals surface area contributed by atoms with Crippen LogP contribution in [-0.2, 0) is 15.1 Å². The van der Waals surface area contributed by atoms with Crippen LogP contribution in [0.5, 0.6) is 0 Å². The van der Waals surface area contributed by atoms with E-state index in [9.17, 15) is 9.59 Å². The minimum absolute atomic E-state index is 0.0284. The molecule has 1 amide bonds. The average Bonchev–Trinajstić information content (AvgIpc) is 2.26. The van der Waals surface area contributed by atoms with Crippen LogP contribution in [0.4, 0.5) is 0 Å². The standard InChI is InChI=1S/C13H16ClNO3/c1-13(2,9-4-3-5-10(14)8-9)15-11(16)6-7-12(17)18/h3-5,8H,6-7H2,1-2H3,(H,15,16)(H,17,18). The molecule has 0 radical (unpaired) electrons. The number of carbonyl (C=O) groups excluding carboxylic acids is 1. The molecule has 0 aliphatic rings. The van der Waals surface area contributed by atoms with E-state index in [2.05, 4.69) is 5.32 Å². The quantitative estimate of drug-likeness (QED) is 0.863. The van der Waals surface area contributed by atoms with Crippen molar-refractivity contribution >= 4 is 23.5 Å². The minimum Gasteiger partial charge on any atom is -0.481 e. The van der Waals surface area contributed by atoms with Crippen LogP contribution in [0.2, 0.25) is 5.02 Å². The van der Waals surface area contributed by atoms with Crippen LogP contribution >= 0.6 is 11.6 Å². The second kappa shape index (κ2) is 5.87. The number of carboxylic acids is 1. The normalized spacial score (nSPS) is 11.1. The lowest BCUT2D eigenvalue weighted by Crippen LogP contribution is -2.41. The SMILES string of the molecule is CC(C)(NC(=O)CCC(=O)O)c1cccc(Cl)c1. The van der Waals surface area contributed by atoms with Crippen molar-refractivity contribution in [3.63, 3.8) is 0 Å². The molecule has 5 heteroatoms. The fraction of sp³-hybridized carbons (Fsp3) is 0.385. The molecule has 4 nitrogen and oxygen atoms in total. The second-order valence-electron chi connectivity index (χ2n) is 4.58. The van der Waals surface area contributed by atoms with E-state index in [1.165, 1.54) is 0 Å². The molecule has 0 unspecified atom stereocenters. The second-order valence-corrected chi connectivity index (χ2v) is 5.01. The fourth-order valence-corrected chi connectivity index (χ4v) is 1.77. The van der Waals surface area contributed by atoms with Crippen molar-refractivity contribution < 1.29 is 14.7 Å². The van der Waals surface area contributed by atoms with Crippen molar-refractivity contribution in [1.29, 1.82) is 0 Å². The molecule has 0 bridgehead atoms. The topological polar surface area (TPSA) is 66.4 Å². The summed E-state index contributed by atoms with van der Waals surface area (Å²) in [5.41, 5.74) is 0.291. The molecule has 0 heterocycles. The highest BCUT2D eigenvalue weighted by atomic mass is 35.5. The molecule has 0 aliphatic carbocycles. The Kier molecular flexibility index (Phi) is 4.73. The van der Waals surface area contributed by atoms with E-state index >= 15 is 0 Å². The van der Waals surface area contributed by atoms with Gasteiger partial charge in [0.15, 0.2) is 0 Å². The van der Waals surface area contributed by atoms with Gasteiger partial charge in [-0.1, -0.05) is 23.7 Å². The maximum Gasteiger partial charge on any atom is 0.303 e. The van der Waals surface area contributed by atoms with Crippen molar-refractivity contribution in [3.8, 4) is 0 Å². The summed E-state index contributed by atoms with van der Waals surface area (Å²) in [6.45, 7) is 3.69. The van der Waals surface area contributed by atoms with E-state index in [1.807, 2.05) is 26.0 Å². The smallest absolute Gasteiger partial charge is 0.303 e. The van der Waals surface area contributed by atoms with Gasteiger partial charge in [-0.2, -0.15) is 0 Å². The highest BCUT2D eigenvalue weighted by Crippen LogP contribution is 2.23. The Bertz CT molecular complexity index is 457. The summed E-state index contributed by atoms with van der Waals surface area (Å²) in [6.07, 6.45) is -0.198. The molecule has 1 rings (SSSR count). The average molecular weight is 270 g/mol. The predicted octanol–water partition coefficient (Wildman–Crippen LogP) is 2.56. The molecule has 1 aromatic carbocycles. The van der Waals surface area contributed by atoms with Crippen molar-refractivity contribution in [2.75, 3.05) is 0 Å². The van der Waals surface area contributed by atoms with Gasteiger partial charge in [-0.05, 0) is 31.5 Å². The number of hydrogen-bond acceptors (Lipinski definition) is 2. The molecule has 0 saturated carbocycles. The third-order valence-electron chi connectivity index (χ3n) is 2.56. The van der Waals surface area contributed by atoms with Crippen LogP contribution in [0.3, 0.4) is 0 Å².